The molecule has 0 saturated heterocycles. The third kappa shape index (κ3) is 4.00. The van der Waals surface area contributed by atoms with E-state index in [1.165, 1.54) is 0 Å². The summed E-state index contributed by atoms with van der Waals surface area (Å²) in [5.41, 5.74) is 0.665. The minimum atomic E-state index is -0.591. The molecule has 0 amide bonds. The molecular weight excluding hydrogens is 330 g/mol. The molecule has 0 spiro atoms. The van der Waals surface area contributed by atoms with Crippen molar-refractivity contribution in [1.82, 2.24) is 0 Å². The van der Waals surface area contributed by atoms with Crippen molar-refractivity contribution in [2.24, 2.45) is 5.41 Å². The summed E-state index contributed by atoms with van der Waals surface area (Å²) in [4.78, 5) is 12.5. The molecule has 0 bridgehead atoms. The third-order valence-electron chi connectivity index (χ3n) is 4.33. The molecule has 2 rings (SSSR count). The van der Waals surface area contributed by atoms with Crippen LogP contribution in [0, 0.1) is 5.41 Å². The van der Waals surface area contributed by atoms with E-state index in [4.69, 9.17) is 4.74 Å². The second-order valence-corrected chi connectivity index (χ2v) is 7.52. The zero-order valence-electron chi connectivity index (χ0n) is 13.0. The molecule has 0 aliphatic heterocycles. The number of esters is 1. The Labute approximate surface area is 135 Å². The van der Waals surface area contributed by atoms with Crippen LogP contribution in [0.3, 0.4) is 0 Å². The summed E-state index contributed by atoms with van der Waals surface area (Å²) < 4.78 is 6.34. The molecule has 116 valence electrons. The molecule has 1 aromatic rings. The maximum absolute atomic E-state index is 12.5. The fourth-order valence-electron chi connectivity index (χ4n) is 2.85. The normalized spacial score (nSPS) is 19.8. The number of rotatable bonds is 4. The Kier molecular flexibility index (Phi) is 4.97. The van der Waals surface area contributed by atoms with Gasteiger partial charge in [-0.15, -0.1) is 0 Å². The van der Waals surface area contributed by atoms with E-state index in [2.05, 4.69) is 35.1 Å². The molecule has 0 atom stereocenters. The Hall–Kier alpha value is -1.03. The minimum absolute atomic E-state index is 0.125. The number of carbonyl (C=O) groups is 1. The molecule has 0 unspecified atom stereocenters. The molecule has 1 N–H and O–H groups in total. The average Bonchev–Trinajstić information content (AvgIpc) is 2.42. The van der Waals surface area contributed by atoms with Crippen LogP contribution in [-0.2, 0) is 9.53 Å². The number of benzene rings is 1. The molecule has 4 heteroatoms. The summed E-state index contributed by atoms with van der Waals surface area (Å²) in [6, 6.07) is 7.94. The molecular formula is C17H24BrNO2. The van der Waals surface area contributed by atoms with Gasteiger partial charge in [0.25, 0.3) is 0 Å². The highest BCUT2D eigenvalue weighted by Gasteiger charge is 2.45. The second kappa shape index (κ2) is 6.39. The lowest BCUT2D eigenvalue weighted by atomic mass is 9.69. The number of hydrogen-bond donors (Lipinski definition) is 1. The number of anilines is 1. The minimum Gasteiger partial charge on any atom is -0.464 e. The average molecular weight is 354 g/mol. The fourth-order valence-corrected chi connectivity index (χ4v) is 3.24. The Morgan fingerprint density at radius 3 is 2.52 bits per heavy atom. The van der Waals surface area contributed by atoms with Gasteiger partial charge in [-0.05, 0) is 56.2 Å². The highest BCUT2D eigenvalue weighted by Crippen LogP contribution is 2.42. The molecule has 1 fully saturated rings. The zero-order valence-corrected chi connectivity index (χ0v) is 14.6. The zero-order chi connectivity index (χ0) is 15.5. The lowest BCUT2D eigenvalue weighted by molar-refractivity contribution is -0.150. The summed E-state index contributed by atoms with van der Waals surface area (Å²) in [6.45, 7) is 6.81. The molecule has 1 aromatic carbocycles. The molecule has 21 heavy (non-hydrogen) atoms. The maximum atomic E-state index is 12.5. The van der Waals surface area contributed by atoms with E-state index in [-0.39, 0.29) is 5.97 Å². The quantitative estimate of drug-likeness (QED) is 0.792. The first-order valence-electron chi connectivity index (χ1n) is 7.58. The Morgan fingerprint density at radius 2 is 1.95 bits per heavy atom. The predicted octanol–water partition coefficient (Wildman–Crippen LogP) is 4.76. The van der Waals surface area contributed by atoms with Crippen molar-refractivity contribution in [3.05, 3.63) is 28.7 Å². The van der Waals surface area contributed by atoms with E-state index in [0.717, 1.165) is 35.8 Å². The molecule has 0 radical (unpaired) electrons. The van der Waals surface area contributed by atoms with Gasteiger partial charge >= 0.3 is 5.97 Å². The van der Waals surface area contributed by atoms with E-state index < -0.39 is 5.54 Å². The summed E-state index contributed by atoms with van der Waals surface area (Å²) in [6.07, 6.45) is 3.66. The van der Waals surface area contributed by atoms with Crippen LogP contribution in [0.15, 0.2) is 28.7 Å². The van der Waals surface area contributed by atoms with Crippen molar-refractivity contribution in [2.75, 3.05) is 11.9 Å². The lowest BCUT2D eigenvalue weighted by Crippen LogP contribution is -2.51. The van der Waals surface area contributed by atoms with Gasteiger partial charge in [-0.2, -0.15) is 0 Å². The number of carbonyl (C=O) groups excluding carboxylic acids is 1. The van der Waals surface area contributed by atoms with Gasteiger partial charge in [-0.3, -0.25) is 0 Å². The first-order chi connectivity index (χ1) is 9.87. The molecule has 0 heterocycles. The number of halogens is 1. The van der Waals surface area contributed by atoms with Gasteiger partial charge in [0.05, 0.1) is 6.61 Å². The van der Waals surface area contributed by atoms with Gasteiger partial charge in [0.1, 0.15) is 5.54 Å². The van der Waals surface area contributed by atoms with Crippen LogP contribution in [0.5, 0.6) is 0 Å². The molecule has 0 aromatic heterocycles. The monoisotopic (exact) mass is 353 g/mol. The summed E-state index contributed by atoms with van der Waals surface area (Å²) in [7, 11) is 0. The van der Waals surface area contributed by atoms with Crippen LogP contribution < -0.4 is 5.32 Å². The van der Waals surface area contributed by atoms with Crippen LogP contribution in [0.1, 0.15) is 46.5 Å². The van der Waals surface area contributed by atoms with Crippen molar-refractivity contribution < 1.29 is 9.53 Å². The van der Waals surface area contributed by atoms with Gasteiger partial charge < -0.3 is 10.1 Å². The Morgan fingerprint density at radius 1 is 1.29 bits per heavy atom. The molecule has 1 aliphatic carbocycles. The SMILES string of the molecule is CCOC(=O)C1(Nc2cccc(Br)c2)CCC(C)(C)CC1. The largest absolute Gasteiger partial charge is 0.464 e. The molecule has 3 nitrogen and oxygen atoms in total. The van der Waals surface area contributed by atoms with Crippen molar-refractivity contribution >= 4 is 27.6 Å². The smallest absolute Gasteiger partial charge is 0.331 e. The van der Waals surface area contributed by atoms with E-state index in [1.807, 2.05) is 31.2 Å². The topological polar surface area (TPSA) is 38.3 Å². The van der Waals surface area contributed by atoms with Crippen molar-refractivity contribution in [2.45, 2.75) is 52.0 Å². The van der Waals surface area contributed by atoms with Crippen LogP contribution >= 0.6 is 15.9 Å². The van der Waals surface area contributed by atoms with Crippen molar-refractivity contribution in [1.29, 1.82) is 0 Å². The van der Waals surface area contributed by atoms with Gasteiger partial charge in [0.15, 0.2) is 0 Å². The van der Waals surface area contributed by atoms with Crippen LogP contribution in [0.2, 0.25) is 0 Å². The van der Waals surface area contributed by atoms with E-state index in [0.29, 0.717) is 12.0 Å². The third-order valence-corrected chi connectivity index (χ3v) is 4.82. The van der Waals surface area contributed by atoms with Gasteiger partial charge in [-0.25, -0.2) is 4.79 Å². The highest BCUT2D eigenvalue weighted by atomic mass is 79.9. The standard InChI is InChI=1S/C17H24BrNO2/c1-4-21-15(20)17(10-8-16(2,3)9-11-17)19-14-7-5-6-13(18)12-14/h5-7,12,19H,4,8-11H2,1-3H3. The van der Waals surface area contributed by atoms with E-state index in [9.17, 15) is 4.79 Å². The second-order valence-electron chi connectivity index (χ2n) is 6.60. The summed E-state index contributed by atoms with van der Waals surface area (Å²) in [5, 5.41) is 3.45. The molecule has 1 saturated carbocycles. The number of nitrogens with one attached hydrogen (secondary N) is 1. The Balaban J connectivity index is 2.22. The lowest BCUT2D eigenvalue weighted by Gasteiger charge is -2.42. The highest BCUT2D eigenvalue weighted by molar-refractivity contribution is 9.10. The molecule has 1 aliphatic rings. The van der Waals surface area contributed by atoms with Crippen molar-refractivity contribution in [3.63, 3.8) is 0 Å². The van der Waals surface area contributed by atoms with E-state index >= 15 is 0 Å². The van der Waals surface area contributed by atoms with Crippen molar-refractivity contribution in [3.8, 4) is 0 Å². The van der Waals surface area contributed by atoms with Crippen LogP contribution in [0.25, 0.3) is 0 Å². The van der Waals surface area contributed by atoms with E-state index in [1.54, 1.807) is 0 Å². The predicted molar refractivity (Wildman–Crippen MR) is 89.4 cm³/mol. The maximum Gasteiger partial charge on any atom is 0.331 e. The Bertz CT molecular complexity index is 503. The van der Waals surface area contributed by atoms with Gasteiger partial charge in [0, 0.05) is 10.2 Å². The summed E-state index contributed by atoms with van der Waals surface area (Å²) >= 11 is 3.47. The number of ether oxygens (including phenoxy) is 1. The first-order valence-corrected chi connectivity index (χ1v) is 8.37. The first kappa shape index (κ1) is 16.3. The van der Waals surface area contributed by atoms with Crippen LogP contribution in [0.4, 0.5) is 5.69 Å². The fraction of sp³-hybridized carbons (Fsp3) is 0.588. The number of hydrogen-bond acceptors (Lipinski definition) is 3. The van der Waals surface area contributed by atoms with Gasteiger partial charge in [-0.1, -0.05) is 35.8 Å². The van der Waals surface area contributed by atoms with Gasteiger partial charge in [0.2, 0.25) is 0 Å². The summed E-state index contributed by atoms with van der Waals surface area (Å²) in [5.74, 6) is -0.125. The van der Waals surface area contributed by atoms with Crippen LogP contribution in [-0.4, -0.2) is 18.1 Å².